The van der Waals surface area contributed by atoms with E-state index >= 15 is 0 Å². The minimum absolute atomic E-state index is 0.740. The zero-order valence-electron chi connectivity index (χ0n) is 6.40. The third-order valence-electron chi connectivity index (χ3n) is 1.63. The zero-order valence-corrected chi connectivity index (χ0v) is 6.40. The topological polar surface area (TPSA) is 50.1 Å². The van der Waals surface area contributed by atoms with Crippen molar-refractivity contribution in [1.82, 2.24) is 10.6 Å². The predicted molar refractivity (Wildman–Crippen MR) is 42.9 cm³/mol. The van der Waals surface area contributed by atoms with E-state index in [-0.39, 0.29) is 0 Å². The third-order valence-corrected chi connectivity index (χ3v) is 1.63. The van der Waals surface area contributed by atoms with Gasteiger partial charge in [-0.2, -0.15) is 0 Å². The van der Waals surface area contributed by atoms with Crippen molar-refractivity contribution < 1.29 is 0 Å². The summed E-state index contributed by atoms with van der Waals surface area (Å²) in [7, 11) is 0. The molecule has 0 bridgehead atoms. The Bertz CT molecular complexity index is 80.9. The molecule has 1 aliphatic carbocycles. The van der Waals surface area contributed by atoms with Crippen LogP contribution in [-0.2, 0) is 0 Å². The molecule has 0 aromatic heterocycles. The minimum atomic E-state index is 0.740. The highest BCUT2D eigenvalue weighted by molar-refractivity contribution is 4.80. The molecule has 0 saturated heterocycles. The summed E-state index contributed by atoms with van der Waals surface area (Å²) in [5.41, 5.74) is 5.30. The third kappa shape index (κ3) is 3.82. The quantitative estimate of drug-likeness (QED) is 0.430. The lowest BCUT2D eigenvalue weighted by atomic mass is 10.5. The van der Waals surface area contributed by atoms with Gasteiger partial charge in [-0.3, -0.25) is 0 Å². The van der Waals surface area contributed by atoms with Crippen LogP contribution in [0.15, 0.2) is 0 Å². The molecule has 60 valence electrons. The number of nitrogens with one attached hydrogen (secondary N) is 2. The molecule has 0 aromatic carbocycles. The van der Waals surface area contributed by atoms with Crippen molar-refractivity contribution in [3.8, 4) is 0 Å². The first-order chi connectivity index (χ1) is 4.93. The first kappa shape index (κ1) is 7.98. The SMILES string of the molecule is NCCNCCNC1CC1. The first-order valence-corrected chi connectivity index (χ1v) is 4.07. The van der Waals surface area contributed by atoms with Gasteiger partial charge >= 0.3 is 0 Å². The Morgan fingerprint density at radius 3 is 2.60 bits per heavy atom. The summed E-state index contributed by atoms with van der Waals surface area (Å²) < 4.78 is 0. The van der Waals surface area contributed by atoms with Crippen molar-refractivity contribution in [3.05, 3.63) is 0 Å². The molecule has 0 spiro atoms. The molecule has 0 unspecified atom stereocenters. The molecule has 3 heteroatoms. The molecule has 1 aliphatic rings. The van der Waals surface area contributed by atoms with Crippen molar-refractivity contribution in [3.63, 3.8) is 0 Å². The Hall–Kier alpha value is -0.120. The highest BCUT2D eigenvalue weighted by Gasteiger charge is 2.19. The van der Waals surface area contributed by atoms with Crippen LogP contribution < -0.4 is 16.4 Å². The second-order valence-electron chi connectivity index (χ2n) is 2.77. The van der Waals surface area contributed by atoms with E-state index in [1.807, 2.05) is 0 Å². The van der Waals surface area contributed by atoms with Gasteiger partial charge in [0.1, 0.15) is 0 Å². The molecular weight excluding hydrogens is 126 g/mol. The van der Waals surface area contributed by atoms with Crippen LogP contribution in [0.4, 0.5) is 0 Å². The molecule has 1 saturated carbocycles. The summed E-state index contributed by atoms with van der Waals surface area (Å²) >= 11 is 0. The normalized spacial score (nSPS) is 17.7. The van der Waals surface area contributed by atoms with Gasteiger partial charge in [0.2, 0.25) is 0 Å². The van der Waals surface area contributed by atoms with Crippen LogP contribution in [0.2, 0.25) is 0 Å². The van der Waals surface area contributed by atoms with E-state index in [2.05, 4.69) is 10.6 Å². The minimum Gasteiger partial charge on any atom is -0.329 e. The highest BCUT2D eigenvalue weighted by atomic mass is 15.0. The Balaban J connectivity index is 1.68. The van der Waals surface area contributed by atoms with Gasteiger partial charge in [0.05, 0.1) is 0 Å². The van der Waals surface area contributed by atoms with Gasteiger partial charge < -0.3 is 16.4 Å². The average Bonchev–Trinajstić information content (AvgIpc) is 2.71. The molecule has 0 heterocycles. The van der Waals surface area contributed by atoms with E-state index in [1.54, 1.807) is 0 Å². The summed E-state index contributed by atoms with van der Waals surface area (Å²) in [6, 6.07) is 0.833. The van der Waals surface area contributed by atoms with E-state index < -0.39 is 0 Å². The van der Waals surface area contributed by atoms with Crippen LogP contribution in [0.5, 0.6) is 0 Å². The Morgan fingerprint density at radius 1 is 1.20 bits per heavy atom. The van der Waals surface area contributed by atoms with Gasteiger partial charge in [-0.25, -0.2) is 0 Å². The van der Waals surface area contributed by atoms with Crippen molar-refractivity contribution in [1.29, 1.82) is 0 Å². The standard InChI is InChI=1S/C7H17N3/c8-3-4-9-5-6-10-7-1-2-7/h7,9-10H,1-6,8H2. The van der Waals surface area contributed by atoms with E-state index in [1.165, 1.54) is 12.8 Å². The van der Waals surface area contributed by atoms with Gasteiger partial charge in [0, 0.05) is 32.2 Å². The van der Waals surface area contributed by atoms with E-state index in [0.29, 0.717) is 0 Å². The van der Waals surface area contributed by atoms with Crippen LogP contribution in [0, 0.1) is 0 Å². The molecule has 1 rings (SSSR count). The van der Waals surface area contributed by atoms with Gasteiger partial charge in [0.25, 0.3) is 0 Å². The fraction of sp³-hybridized carbons (Fsp3) is 1.00. The largest absolute Gasteiger partial charge is 0.329 e. The van der Waals surface area contributed by atoms with Crippen molar-refractivity contribution in [2.75, 3.05) is 26.2 Å². The molecule has 0 radical (unpaired) electrons. The highest BCUT2D eigenvalue weighted by Crippen LogP contribution is 2.17. The molecule has 0 aliphatic heterocycles. The van der Waals surface area contributed by atoms with Crippen molar-refractivity contribution in [2.45, 2.75) is 18.9 Å². The monoisotopic (exact) mass is 143 g/mol. The molecule has 10 heavy (non-hydrogen) atoms. The first-order valence-electron chi connectivity index (χ1n) is 4.07. The number of hydrogen-bond acceptors (Lipinski definition) is 3. The predicted octanol–water partition coefficient (Wildman–Crippen LogP) is -0.713. The van der Waals surface area contributed by atoms with Gasteiger partial charge in [-0.15, -0.1) is 0 Å². The van der Waals surface area contributed by atoms with E-state index in [4.69, 9.17) is 5.73 Å². The molecule has 0 amide bonds. The number of rotatable bonds is 6. The van der Waals surface area contributed by atoms with Crippen LogP contribution >= 0.6 is 0 Å². The average molecular weight is 143 g/mol. The van der Waals surface area contributed by atoms with Crippen molar-refractivity contribution >= 4 is 0 Å². The molecule has 4 N–H and O–H groups in total. The Morgan fingerprint density at radius 2 is 2.00 bits per heavy atom. The maximum atomic E-state index is 5.30. The van der Waals surface area contributed by atoms with E-state index in [9.17, 15) is 0 Å². The van der Waals surface area contributed by atoms with Crippen LogP contribution in [0.1, 0.15) is 12.8 Å². The van der Waals surface area contributed by atoms with Gasteiger partial charge in [-0.1, -0.05) is 0 Å². The second kappa shape index (κ2) is 4.66. The summed E-state index contributed by atoms with van der Waals surface area (Å²) in [4.78, 5) is 0. The maximum Gasteiger partial charge on any atom is 0.00793 e. The lowest BCUT2D eigenvalue weighted by Gasteiger charge is -2.02. The molecular formula is C7H17N3. The summed E-state index contributed by atoms with van der Waals surface area (Å²) in [6.07, 6.45) is 2.74. The second-order valence-corrected chi connectivity index (χ2v) is 2.77. The fourth-order valence-electron chi connectivity index (χ4n) is 0.879. The lowest BCUT2D eigenvalue weighted by molar-refractivity contribution is 0.612. The van der Waals surface area contributed by atoms with Crippen LogP contribution in [0.25, 0.3) is 0 Å². The van der Waals surface area contributed by atoms with Crippen molar-refractivity contribution in [2.24, 2.45) is 5.73 Å². The number of hydrogen-bond donors (Lipinski definition) is 3. The molecule has 0 atom stereocenters. The molecule has 3 nitrogen and oxygen atoms in total. The number of nitrogens with two attached hydrogens (primary N) is 1. The van der Waals surface area contributed by atoms with Crippen LogP contribution in [0.3, 0.4) is 0 Å². The maximum absolute atomic E-state index is 5.30. The Labute approximate surface area is 62.4 Å². The van der Waals surface area contributed by atoms with Gasteiger partial charge in [0.15, 0.2) is 0 Å². The molecule has 0 aromatic rings. The summed E-state index contributed by atoms with van der Waals surface area (Å²) in [5.74, 6) is 0. The summed E-state index contributed by atoms with van der Waals surface area (Å²) in [5, 5.41) is 6.64. The zero-order chi connectivity index (χ0) is 7.23. The molecule has 1 fully saturated rings. The fourth-order valence-corrected chi connectivity index (χ4v) is 0.879. The van der Waals surface area contributed by atoms with E-state index in [0.717, 1.165) is 32.2 Å². The Kier molecular flexibility index (Phi) is 3.72. The summed E-state index contributed by atoms with van der Waals surface area (Å²) in [6.45, 7) is 3.81. The lowest BCUT2D eigenvalue weighted by Crippen LogP contribution is -2.31. The van der Waals surface area contributed by atoms with Crippen LogP contribution in [-0.4, -0.2) is 32.2 Å². The smallest absolute Gasteiger partial charge is 0.00793 e. The van der Waals surface area contributed by atoms with Gasteiger partial charge in [-0.05, 0) is 12.8 Å².